The topological polar surface area (TPSA) is 86.9 Å². The molecule has 2 heterocycles. The Morgan fingerprint density at radius 2 is 1.84 bits per heavy atom. The Bertz CT molecular complexity index is 699. The maximum Gasteiger partial charge on any atom is 0.316 e. The molecule has 1 amide bonds. The summed E-state index contributed by atoms with van der Waals surface area (Å²) >= 11 is 0. The second kappa shape index (κ2) is 4.41. The number of hydrogen-bond donors (Lipinski definition) is 1. The zero-order valence-electron chi connectivity index (χ0n) is 9.85. The van der Waals surface area contributed by atoms with Crippen LogP contribution in [0.1, 0.15) is 10.7 Å². The lowest BCUT2D eigenvalue weighted by Crippen LogP contribution is -2.10. The average molecular weight is 254 g/mol. The number of aromatic nitrogens is 3. The highest BCUT2D eigenvalue weighted by molar-refractivity contribution is 5.88. The van der Waals surface area contributed by atoms with E-state index in [0.29, 0.717) is 5.82 Å². The Labute approximate surface area is 108 Å². The Hall–Kier alpha value is -2.89. The van der Waals surface area contributed by atoms with Gasteiger partial charge in [-0.05, 0) is 36.4 Å². The highest BCUT2D eigenvalue weighted by Crippen LogP contribution is 2.18. The molecule has 2 aromatic heterocycles. The first kappa shape index (κ1) is 11.2. The molecule has 0 aliphatic heterocycles. The van der Waals surface area contributed by atoms with Crippen molar-refractivity contribution in [1.82, 2.24) is 14.7 Å². The Morgan fingerprint density at radius 1 is 1.16 bits per heavy atom. The maximum absolute atomic E-state index is 10.9. The first-order chi connectivity index (χ1) is 9.24. The van der Waals surface area contributed by atoms with Gasteiger partial charge in [0.15, 0.2) is 0 Å². The standard InChI is InChI=1S/C13H10N4O2/c14-11(18)13-15-12(16-19-13)9-3-5-10(6-4-9)17-7-1-2-8-17/h1-8H,(H2,14,18). The minimum atomic E-state index is -0.734. The van der Waals surface area contributed by atoms with Gasteiger partial charge in [0.25, 0.3) is 0 Å². The van der Waals surface area contributed by atoms with E-state index >= 15 is 0 Å². The number of benzene rings is 1. The van der Waals surface area contributed by atoms with Gasteiger partial charge >= 0.3 is 11.8 Å². The molecule has 0 fully saturated rings. The van der Waals surface area contributed by atoms with Crippen molar-refractivity contribution in [2.75, 3.05) is 0 Å². The van der Waals surface area contributed by atoms with E-state index in [2.05, 4.69) is 10.1 Å². The average Bonchev–Trinajstić information content (AvgIpc) is 3.11. The van der Waals surface area contributed by atoms with E-state index in [1.54, 1.807) is 0 Å². The van der Waals surface area contributed by atoms with E-state index in [9.17, 15) is 4.79 Å². The van der Waals surface area contributed by atoms with Crippen LogP contribution >= 0.6 is 0 Å². The Morgan fingerprint density at radius 3 is 2.42 bits per heavy atom. The summed E-state index contributed by atoms with van der Waals surface area (Å²) in [6, 6.07) is 11.5. The quantitative estimate of drug-likeness (QED) is 0.769. The van der Waals surface area contributed by atoms with Crippen molar-refractivity contribution in [3.8, 4) is 17.1 Å². The molecule has 0 radical (unpaired) electrons. The lowest BCUT2D eigenvalue weighted by atomic mass is 10.2. The molecule has 0 spiro atoms. The second-order valence-electron chi connectivity index (χ2n) is 3.92. The van der Waals surface area contributed by atoms with E-state index in [1.807, 2.05) is 53.4 Å². The van der Waals surface area contributed by atoms with Crippen LogP contribution in [-0.4, -0.2) is 20.6 Å². The lowest BCUT2D eigenvalue weighted by molar-refractivity contribution is 0.0958. The summed E-state index contributed by atoms with van der Waals surface area (Å²) < 4.78 is 6.72. The zero-order chi connectivity index (χ0) is 13.2. The van der Waals surface area contributed by atoms with Gasteiger partial charge in [0.2, 0.25) is 5.82 Å². The molecule has 0 saturated carbocycles. The fraction of sp³-hybridized carbons (Fsp3) is 0. The number of carbonyl (C=O) groups is 1. The molecule has 94 valence electrons. The Kier molecular flexibility index (Phi) is 2.60. The maximum atomic E-state index is 10.9. The molecule has 0 unspecified atom stereocenters. The van der Waals surface area contributed by atoms with Crippen LogP contribution in [-0.2, 0) is 0 Å². The van der Waals surface area contributed by atoms with E-state index in [4.69, 9.17) is 10.3 Å². The van der Waals surface area contributed by atoms with Crippen LogP contribution in [0, 0.1) is 0 Å². The Balaban J connectivity index is 1.91. The van der Waals surface area contributed by atoms with Gasteiger partial charge in [-0.3, -0.25) is 4.79 Å². The van der Waals surface area contributed by atoms with E-state index < -0.39 is 5.91 Å². The molecule has 0 bridgehead atoms. The van der Waals surface area contributed by atoms with Crippen molar-refractivity contribution in [3.63, 3.8) is 0 Å². The molecule has 0 saturated heterocycles. The number of rotatable bonds is 3. The lowest BCUT2D eigenvalue weighted by Gasteiger charge is -2.02. The van der Waals surface area contributed by atoms with Crippen LogP contribution in [0.15, 0.2) is 53.3 Å². The highest BCUT2D eigenvalue weighted by Gasteiger charge is 2.12. The van der Waals surface area contributed by atoms with Crippen molar-refractivity contribution >= 4 is 5.91 Å². The number of nitrogens with zero attached hydrogens (tertiary/aromatic N) is 3. The molecule has 6 nitrogen and oxygen atoms in total. The predicted molar refractivity (Wildman–Crippen MR) is 67.6 cm³/mol. The molecule has 2 N–H and O–H groups in total. The van der Waals surface area contributed by atoms with Crippen molar-refractivity contribution in [3.05, 3.63) is 54.7 Å². The monoisotopic (exact) mass is 254 g/mol. The number of carbonyl (C=O) groups excluding carboxylic acids is 1. The molecule has 3 aromatic rings. The van der Waals surface area contributed by atoms with Gasteiger partial charge in [0, 0.05) is 23.6 Å². The van der Waals surface area contributed by atoms with E-state index in [-0.39, 0.29) is 5.89 Å². The van der Waals surface area contributed by atoms with Crippen LogP contribution in [0.5, 0.6) is 0 Å². The van der Waals surface area contributed by atoms with E-state index in [0.717, 1.165) is 11.3 Å². The van der Waals surface area contributed by atoms with Crippen molar-refractivity contribution in [2.45, 2.75) is 0 Å². The fourth-order valence-corrected chi connectivity index (χ4v) is 1.73. The SMILES string of the molecule is NC(=O)c1nc(-c2ccc(-n3cccc3)cc2)no1. The molecule has 0 atom stereocenters. The van der Waals surface area contributed by atoms with Crippen LogP contribution in [0.4, 0.5) is 0 Å². The van der Waals surface area contributed by atoms with Gasteiger partial charge in [-0.25, -0.2) is 0 Å². The molecule has 0 aliphatic carbocycles. The van der Waals surface area contributed by atoms with Gasteiger partial charge < -0.3 is 14.8 Å². The van der Waals surface area contributed by atoms with Gasteiger partial charge in [-0.15, -0.1) is 0 Å². The van der Waals surface area contributed by atoms with Crippen molar-refractivity contribution in [1.29, 1.82) is 0 Å². The first-order valence-electron chi connectivity index (χ1n) is 5.61. The summed E-state index contributed by atoms with van der Waals surface area (Å²) in [5.74, 6) is -0.583. The number of primary amides is 1. The minimum Gasteiger partial charge on any atom is -0.361 e. The number of hydrogen-bond acceptors (Lipinski definition) is 4. The smallest absolute Gasteiger partial charge is 0.316 e. The first-order valence-corrected chi connectivity index (χ1v) is 5.61. The molecule has 19 heavy (non-hydrogen) atoms. The van der Waals surface area contributed by atoms with Crippen LogP contribution < -0.4 is 5.73 Å². The molecule has 0 aliphatic rings. The molecular formula is C13H10N4O2. The molecule has 6 heteroatoms. The van der Waals surface area contributed by atoms with Crippen molar-refractivity contribution in [2.24, 2.45) is 5.73 Å². The summed E-state index contributed by atoms with van der Waals surface area (Å²) in [6.07, 6.45) is 3.91. The molecule has 3 rings (SSSR count). The largest absolute Gasteiger partial charge is 0.361 e. The van der Waals surface area contributed by atoms with Gasteiger partial charge in [-0.1, -0.05) is 5.16 Å². The second-order valence-corrected chi connectivity index (χ2v) is 3.92. The third-order valence-electron chi connectivity index (χ3n) is 2.66. The summed E-state index contributed by atoms with van der Waals surface area (Å²) in [7, 11) is 0. The number of nitrogens with two attached hydrogens (primary N) is 1. The highest BCUT2D eigenvalue weighted by atomic mass is 16.5. The predicted octanol–water partition coefficient (Wildman–Crippen LogP) is 1.63. The van der Waals surface area contributed by atoms with Gasteiger partial charge in [-0.2, -0.15) is 4.98 Å². The van der Waals surface area contributed by atoms with Gasteiger partial charge in [0.05, 0.1) is 0 Å². The summed E-state index contributed by atoms with van der Waals surface area (Å²) in [6.45, 7) is 0. The van der Waals surface area contributed by atoms with Crippen molar-refractivity contribution < 1.29 is 9.32 Å². The normalized spacial score (nSPS) is 10.5. The molecular weight excluding hydrogens is 244 g/mol. The third-order valence-corrected chi connectivity index (χ3v) is 2.66. The number of amides is 1. The summed E-state index contributed by atoms with van der Waals surface area (Å²) in [5, 5.41) is 3.71. The van der Waals surface area contributed by atoms with E-state index in [1.165, 1.54) is 0 Å². The summed E-state index contributed by atoms with van der Waals surface area (Å²) in [5.41, 5.74) is 6.83. The third kappa shape index (κ3) is 2.11. The summed E-state index contributed by atoms with van der Waals surface area (Å²) in [4.78, 5) is 14.8. The van der Waals surface area contributed by atoms with Crippen LogP contribution in [0.3, 0.4) is 0 Å². The van der Waals surface area contributed by atoms with Crippen LogP contribution in [0.25, 0.3) is 17.1 Å². The minimum absolute atomic E-state index is 0.190. The zero-order valence-corrected chi connectivity index (χ0v) is 9.85. The molecule has 1 aromatic carbocycles. The fourth-order valence-electron chi connectivity index (χ4n) is 1.73. The van der Waals surface area contributed by atoms with Gasteiger partial charge in [0.1, 0.15) is 0 Å². The van der Waals surface area contributed by atoms with Crippen LogP contribution in [0.2, 0.25) is 0 Å².